The maximum Gasteiger partial charge on any atom is 0.344 e. The number of H-pyrrole nitrogens is 1. The highest BCUT2D eigenvalue weighted by Crippen LogP contribution is 2.41. The summed E-state index contributed by atoms with van der Waals surface area (Å²) in [5.74, 6) is -4.56. The van der Waals surface area contributed by atoms with E-state index in [0.29, 0.717) is 0 Å². The first-order chi connectivity index (χ1) is 14.1. The van der Waals surface area contributed by atoms with Crippen LogP contribution in [0.25, 0.3) is 11.1 Å². The van der Waals surface area contributed by atoms with Crippen LogP contribution in [0.5, 0.6) is 11.5 Å². The molecule has 0 saturated heterocycles. The van der Waals surface area contributed by atoms with E-state index in [1.165, 1.54) is 13.2 Å². The largest absolute Gasteiger partial charge is 0.493 e. The Hall–Kier alpha value is -3.73. The van der Waals surface area contributed by atoms with Crippen LogP contribution in [0.3, 0.4) is 0 Å². The fraction of sp³-hybridized carbons (Fsp3) is 0.222. The third-order valence-corrected chi connectivity index (χ3v) is 4.11. The molecule has 2 aromatic rings. The second kappa shape index (κ2) is 9.18. The summed E-state index contributed by atoms with van der Waals surface area (Å²) in [5.41, 5.74) is 2.49. The van der Waals surface area contributed by atoms with Crippen LogP contribution >= 0.6 is 11.6 Å². The molecule has 0 aliphatic rings. The van der Waals surface area contributed by atoms with Gasteiger partial charge in [-0.2, -0.15) is 0 Å². The van der Waals surface area contributed by atoms with E-state index in [4.69, 9.17) is 31.5 Å². The number of aromatic carboxylic acids is 2. The van der Waals surface area contributed by atoms with Gasteiger partial charge in [0.25, 0.3) is 5.56 Å². The number of benzene rings is 1. The summed E-state index contributed by atoms with van der Waals surface area (Å²) < 4.78 is 15.2. The number of hydrogen-bond acceptors (Lipinski definition) is 8. The zero-order valence-corrected chi connectivity index (χ0v) is 16.5. The quantitative estimate of drug-likeness (QED) is 0.440. The molecule has 12 heteroatoms. The molecular weight excluding hydrogens is 424 g/mol. The maximum absolute atomic E-state index is 12.1. The number of aromatic amines is 1. The number of methoxy groups -OCH3 is 1. The van der Waals surface area contributed by atoms with E-state index in [2.05, 4.69) is 0 Å². The third kappa shape index (κ3) is 4.46. The van der Waals surface area contributed by atoms with Crippen molar-refractivity contribution in [2.75, 3.05) is 26.1 Å². The fourth-order valence-electron chi connectivity index (χ4n) is 2.67. The number of pyridine rings is 1. The minimum absolute atomic E-state index is 0.0478. The monoisotopic (exact) mass is 440 g/mol. The first-order valence-electron chi connectivity index (χ1n) is 8.30. The Morgan fingerprint density at radius 2 is 1.80 bits per heavy atom. The van der Waals surface area contributed by atoms with Crippen LogP contribution in [0.2, 0.25) is 5.02 Å². The van der Waals surface area contributed by atoms with Crippen LogP contribution in [0.15, 0.2) is 16.9 Å². The van der Waals surface area contributed by atoms with E-state index in [1.54, 1.807) is 6.92 Å². The number of nitrogen functional groups attached to an aromatic ring is 1. The van der Waals surface area contributed by atoms with Crippen LogP contribution in [-0.4, -0.2) is 53.4 Å². The molecule has 0 aliphatic carbocycles. The van der Waals surface area contributed by atoms with Crippen LogP contribution in [0.1, 0.15) is 27.6 Å². The Bertz CT molecular complexity index is 1080. The second-order valence-electron chi connectivity index (χ2n) is 5.69. The highest BCUT2D eigenvalue weighted by Gasteiger charge is 2.28. The highest BCUT2D eigenvalue weighted by molar-refractivity contribution is 6.32. The number of aromatic nitrogens is 1. The molecule has 0 unspecified atom stereocenters. The Kier molecular flexibility index (Phi) is 6.90. The van der Waals surface area contributed by atoms with Gasteiger partial charge in [-0.05, 0) is 24.6 Å². The zero-order chi connectivity index (χ0) is 22.6. The number of rotatable bonds is 8. The third-order valence-electron chi connectivity index (χ3n) is 3.83. The van der Waals surface area contributed by atoms with Gasteiger partial charge in [0, 0.05) is 5.56 Å². The molecule has 0 bridgehead atoms. The van der Waals surface area contributed by atoms with Crippen LogP contribution in [-0.2, 0) is 9.53 Å². The molecule has 30 heavy (non-hydrogen) atoms. The van der Waals surface area contributed by atoms with Crippen molar-refractivity contribution in [2.45, 2.75) is 6.92 Å². The number of nitrogens with two attached hydrogens (primary N) is 1. The molecule has 0 radical (unpaired) electrons. The van der Waals surface area contributed by atoms with Gasteiger partial charge in [0.1, 0.15) is 16.9 Å². The summed E-state index contributed by atoms with van der Waals surface area (Å²) in [7, 11) is 1.25. The van der Waals surface area contributed by atoms with E-state index in [9.17, 15) is 29.4 Å². The topological polar surface area (TPSA) is 178 Å². The van der Waals surface area contributed by atoms with Gasteiger partial charge in [-0.25, -0.2) is 14.4 Å². The molecule has 0 amide bonds. The van der Waals surface area contributed by atoms with E-state index in [-0.39, 0.29) is 28.7 Å². The molecule has 1 aromatic carbocycles. The summed E-state index contributed by atoms with van der Waals surface area (Å²) in [6.07, 6.45) is 0. The van der Waals surface area contributed by atoms with Crippen molar-refractivity contribution >= 4 is 35.3 Å². The molecule has 5 N–H and O–H groups in total. The van der Waals surface area contributed by atoms with Gasteiger partial charge in [-0.15, -0.1) is 0 Å². The van der Waals surface area contributed by atoms with Crippen LogP contribution in [0, 0.1) is 0 Å². The summed E-state index contributed by atoms with van der Waals surface area (Å²) >= 11 is 6.20. The summed E-state index contributed by atoms with van der Waals surface area (Å²) in [6.45, 7) is 1.28. The molecule has 1 heterocycles. The summed E-state index contributed by atoms with van der Waals surface area (Å²) in [6, 6.07) is 2.37. The number of hydrogen-bond donors (Lipinski definition) is 4. The number of ether oxygens (including phenoxy) is 3. The van der Waals surface area contributed by atoms with Crippen LogP contribution < -0.4 is 20.8 Å². The van der Waals surface area contributed by atoms with Gasteiger partial charge in [-0.1, -0.05) is 11.6 Å². The molecule has 0 saturated carbocycles. The van der Waals surface area contributed by atoms with E-state index in [1.807, 2.05) is 4.98 Å². The number of nitrogens with one attached hydrogen (secondary N) is 1. The lowest BCUT2D eigenvalue weighted by Gasteiger charge is -2.16. The number of carbonyl (C=O) groups excluding carboxylic acids is 1. The summed E-state index contributed by atoms with van der Waals surface area (Å²) in [5, 5.41) is 18.8. The van der Waals surface area contributed by atoms with Crippen molar-refractivity contribution in [2.24, 2.45) is 0 Å². The van der Waals surface area contributed by atoms with Gasteiger partial charge in [0.05, 0.1) is 18.7 Å². The van der Waals surface area contributed by atoms with Crippen molar-refractivity contribution in [1.82, 2.24) is 4.98 Å². The van der Waals surface area contributed by atoms with Crippen molar-refractivity contribution < 1.29 is 38.8 Å². The minimum atomic E-state index is -1.67. The molecule has 2 rings (SSSR count). The molecule has 0 fully saturated rings. The number of anilines is 1. The minimum Gasteiger partial charge on any atom is -0.493 e. The molecule has 0 aliphatic heterocycles. The SMILES string of the molecule is CCOC(=O)COc1c(Cl)cc(-c2c(C(=O)O)c(N)[nH]c(=O)c2C(=O)O)cc1OC. The Balaban J connectivity index is 2.72. The molecule has 160 valence electrons. The fourth-order valence-corrected chi connectivity index (χ4v) is 2.94. The van der Waals surface area contributed by atoms with Crippen molar-refractivity contribution in [3.05, 3.63) is 38.6 Å². The lowest BCUT2D eigenvalue weighted by Crippen LogP contribution is -2.24. The zero-order valence-electron chi connectivity index (χ0n) is 15.8. The Morgan fingerprint density at radius 3 is 2.33 bits per heavy atom. The first kappa shape index (κ1) is 22.6. The first-order valence-corrected chi connectivity index (χ1v) is 8.68. The smallest absolute Gasteiger partial charge is 0.344 e. The number of carboxylic acid groups (broad SMARTS) is 2. The van der Waals surface area contributed by atoms with Crippen molar-refractivity contribution in [3.8, 4) is 22.6 Å². The molecule has 0 atom stereocenters. The number of carbonyl (C=O) groups is 3. The standard InChI is InChI=1S/C18H17ClN2O9/c1-3-29-10(22)6-30-14-8(19)4-7(5-9(14)28-2)11-12(17(24)25)15(20)21-16(23)13(11)18(26)27/h4-5H,3,6H2,1-2H3,(H,24,25)(H,26,27)(H3,20,21,23). The Morgan fingerprint density at radius 1 is 1.17 bits per heavy atom. The molecule has 1 aromatic heterocycles. The Labute approximate surface area is 173 Å². The van der Waals surface area contributed by atoms with Gasteiger partial charge in [0.2, 0.25) is 0 Å². The number of esters is 1. The van der Waals surface area contributed by atoms with Gasteiger partial charge >= 0.3 is 17.9 Å². The predicted octanol–water partition coefficient (Wildman–Crippen LogP) is 1.62. The van der Waals surface area contributed by atoms with E-state index >= 15 is 0 Å². The average Bonchev–Trinajstić information content (AvgIpc) is 2.65. The molecular formula is C18H17ClN2O9. The maximum atomic E-state index is 12.1. The molecule has 0 spiro atoms. The lowest BCUT2D eigenvalue weighted by atomic mass is 9.95. The van der Waals surface area contributed by atoms with Gasteiger partial charge in [0.15, 0.2) is 18.1 Å². The lowest BCUT2D eigenvalue weighted by molar-refractivity contribution is -0.145. The normalized spacial score (nSPS) is 10.4. The van der Waals surface area contributed by atoms with Crippen LogP contribution in [0.4, 0.5) is 5.82 Å². The van der Waals surface area contributed by atoms with E-state index < -0.39 is 52.6 Å². The number of halogens is 1. The van der Waals surface area contributed by atoms with Gasteiger partial charge in [-0.3, -0.25) is 4.79 Å². The van der Waals surface area contributed by atoms with E-state index in [0.717, 1.165) is 6.07 Å². The molecule has 11 nitrogen and oxygen atoms in total. The average molecular weight is 441 g/mol. The van der Waals surface area contributed by atoms with Crippen molar-refractivity contribution in [1.29, 1.82) is 0 Å². The van der Waals surface area contributed by atoms with Crippen molar-refractivity contribution in [3.63, 3.8) is 0 Å². The summed E-state index contributed by atoms with van der Waals surface area (Å²) in [4.78, 5) is 49.0. The predicted molar refractivity (Wildman–Crippen MR) is 105 cm³/mol. The number of carboxylic acids is 2. The second-order valence-corrected chi connectivity index (χ2v) is 6.09. The van der Waals surface area contributed by atoms with Gasteiger partial charge < -0.3 is 35.1 Å². The highest BCUT2D eigenvalue weighted by atomic mass is 35.5.